The molecule has 1 aromatic carbocycles. The van der Waals surface area contributed by atoms with Crippen LogP contribution in [0.1, 0.15) is 36.8 Å². The largest absolute Gasteiger partial charge is 0.328 e. The van der Waals surface area contributed by atoms with Crippen molar-refractivity contribution in [3.8, 4) is 0 Å². The Hall–Kier alpha value is -0.380. The van der Waals surface area contributed by atoms with Gasteiger partial charge in [-0.2, -0.15) is 0 Å². The van der Waals surface area contributed by atoms with Crippen LogP contribution in [0.15, 0.2) is 22.7 Å². The molecule has 0 amide bonds. The number of hydrogen-bond acceptors (Lipinski definition) is 2. The Kier molecular flexibility index (Phi) is 4.60. The van der Waals surface area contributed by atoms with Crippen LogP contribution < -0.4 is 11.1 Å². The first-order valence-corrected chi connectivity index (χ1v) is 7.18. The van der Waals surface area contributed by atoms with Gasteiger partial charge in [0.2, 0.25) is 0 Å². The zero-order chi connectivity index (χ0) is 12.3. The Balaban J connectivity index is 1.87. The lowest BCUT2D eigenvalue weighted by molar-refractivity contribution is 0.341. The molecule has 0 bridgehead atoms. The van der Waals surface area contributed by atoms with Gasteiger partial charge >= 0.3 is 0 Å². The van der Waals surface area contributed by atoms with E-state index in [0.717, 1.165) is 23.9 Å². The third kappa shape index (κ3) is 3.80. The maximum absolute atomic E-state index is 5.91. The van der Waals surface area contributed by atoms with Crippen molar-refractivity contribution in [3.63, 3.8) is 0 Å². The summed E-state index contributed by atoms with van der Waals surface area (Å²) in [7, 11) is 0. The highest BCUT2D eigenvalue weighted by molar-refractivity contribution is 9.10. The van der Waals surface area contributed by atoms with E-state index >= 15 is 0 Å². The summed E-state index contributed by atoms with van der Waals surface area (Å²) in [5, 5.41) is 3.65. The quantitative estimate of drug-likeness (QED) is 0.899. The number of nitrogens with one attached hydrogen (secondary N) is 1. The lowest BCUT2D eigenvalue weighted by Gasteiger charge is -2.27. The molecule has 0 unspecified atom stereocenters. The molecule has 3 N–H and O–H groups in total. The van der Waals surface area contributed by atoms with Crippen LogP contribution in [0, 0.1) is 6.92 Å². The summed E-state index contributed by atoms with van der Waals surface area (Å²) in [6, 6.07) is 7.54. The molecule has 1 aliphatic carbocycles. The fourth-order valence-electron chi connectivity index (χ4n) is 2.41. The second-order valence-corrected chi connectivity index (χ2v) is 5.98. The van der Waals surface area contributed by atoms with E-state index in [4.69, 9.17) is 5.73 Å². The zero-order valence-corrected chi connectivity index (χ0v) is 12.0. The Labute approximate surface area is 112 Å². The smallest absolute Gasteiger partial charge is 0.0211 e. The Morgan fingerprint density at radius 2 is 2.00 bits per heavy atom. The Morgan fingerprint density at radius 1 is 1.29 bits per heavy atom. The fourth-order valence-corrected chi connectivity index (χ4v) is 2.82. The third-order valence-electron chi connectivity index (χ3n) is 3.66. The van der Waals surface area contributed by atoms with Crippen LogP contribution in [-0.4, -0.2) is 12.1 Å². The average molecular weight is 297 g/mol. The molecule has 1 saturated carbocycles. The molecule has 0 aliphatic heterocycles. The van der Waals surface area contributed by atoms with Gasteiger partial charge in [0.25, 0.3) is 0 Å². The molecule has 0 heterocycles. The van der Waals surface area contributed by atoms with E-state index in [1.165, 1.54) is 24.0 Å². The number of hydrogen-bond donors (Lipinski definition) is 2. The van der Waals surface area contributed by atoms with Crippen molar-refractivity contribution in [2.75, 3.05) is 0 Å². The SMILES string of the molecule is Cc1ccc(Br)cc1CNC1CCC(N)CC1. The van der Waals surface area contributed by atoms with Crippen LogP contribution in [0.25, 0.3) is 0 Å². The Morgan fingerprint density at radius 3 is 2.71 bits per heavy atom. The molecule has 94 valence electrons. The molecular weight excluding hydrogens is 276 g/mol. The predicted molar refractivity (Wildman–Crippen MR) is 76.0 cm³/mol. The van der Waals surface area contributed by atoms with E-state index in [9.17, 15) is 0 Å². The number of benzene rings is 1. The molecule has 3 heteroatoms. The third-order valence-corrected chi connectivity index (χ3v) is 4.16. The zero-order valence-electron chi connectivity index (χ0n) is 10.4. The van der Waals surface area contributed by atoms with E-state index in [0.29, 0.717) is 12.1 Å². The van der Waals surface area contributed by atoms with Crippen molar-refractivity contribution in [1.82, 2.24) is 5.32 Å². The molecule has 1 fully saturated rings. The summed E-state index contributed by atoms with van der Waals surface area (Å²) in [5.74, 6) is 0. The summed E-state index contributed by atoms with van der Waals surface area (Å²) < 4.78 is 1.16. The van der Waals surface area contributed by atoms with Crippen LogP contribution in [0.4, 0.5) is 0 Å². The van der Waals surface area contributed by atoms with E-state index in [2.05, 4.69) is 46.4 Å². The van der Waals surface area contributed by atoms with Crippen LogP contribution in [-0.2, 0) is 6.54 Å². The van der Waals surface area contributed by atoms with Crippen molar-refractivity contribution in [1.29, 1.82) is 0 Å². The van der Waals surface area contributed by atoms with Crippen LogP contribution in [0.3, 0.4) is 0 Å². The first-order chi connectivity index (χ1) is 8.15. The Bertz CT molecular complexity index is 370. The van der Waals surface area contributed by atoms with Gasteiger partial charge in [0, 0.05) is 23.1 Å². The van der Waals surface area contributed by atoms with Gasteiger partial charge < -0.3 is 11.1 Å². The molecule has 0 atom stereocenters. The molecule has 1 aromatic rings. The molecule has 2 rings (SSSR count). The highest BCUT2D eigenvalue weighted by Gasteiger charge is 2.17. The van der Waals surface area contributed by atoms with Gasteiger partial charge in [-0.25, -0.2) is 0 Å². The van der Waals surface area contributed by atoms with E-state index < -0.39 is 0 Å². The monoisotopic (exact) mass is 296 g/mol. The molecule has 17 heavy (non-hydrogen) atoms. The summed E-state index contributed by atoms with van der Waals surface area (Å²) in [5.41, 5.74) is 8.65. The van der Waals surface area contributed by atoms with Crippen molar-refractivity contribution in [2.45, 2.75) is 51.2 Å². The maximum Gasteiger partial charge on any atom is 0.0211 e. The molecule has 1 aliphatic rings. The first kappa shape index (κ1) is 13.1. The molecule has 2 nitrogen and oxygen atoms in total. The van der Waals surface area contributed by atoms with Gasteiger partial charge in [-0.1, -0.05) is 22.0 Å². The molecular formula is C14H21BrN2. The number of nitrogens with two attached hydrogens (primary N) is 1. The lowest BCUT2D eigenvalue weighted by Crippen LogP contribution is -2.37. The van der Waals surface area contributed by atoms with E-state index in [1.54, 1.807) is 0 Å². The van der Waals surface area contributed by atoms with E-state index in [1.807, 2.05) is 0 Å². The first-order valence-electron chi connectivity index (χ1n) is 6.39. The van der Waals surface area contributed by atoms with Crippen molar-refractivity contribution in [2.24, 2.45) is 5.73 Å². The van der Waals surface area contributed by atoms with Crippen LogP contribution in [0.2, 0.25) is 0 Å². The standard InChI is InChI=1S/C14H21BrN2/c1-10-2-3-12(15)8-11(10)9-17-14-6-4-13(16)5-7-14/h2-3,8,13-14,17H,4-7,9,16H2,1H3. The molecule has 0 spiro atoms. The summed E-state index contributed by atoms with van der Waals surface area (Å²) >= 11 is 3.53. The number of aryl methyl sites for hydroxylation is 1. The van der Waals surface area contributed by atoms with Crippen molar-refractivity contribution >= 4 is 15.9 Å². The van der Waals surface area contributed by atoms with Crippen LogP contribution >= 0.6 is 15.9 Å². The maximum atomic E-state index is 5.91. The molecule has 0 saturated heterocycles. The van der Waals surface area contributed by atoms with Crippen molar-refractivity contribution < 1.29 is 0 Å². The highest BCUT2D eigenvalue weighted by Crippen LogP contribution is 2.19. The summed E-state index contributed by atoms with van der Waals surface area (Å²) in [4.78, 5) is 0. The topological polar surface area (TPSA) is 38.0 Å². The second-order valence-electron chi connectivity index (χ2n) is 5.06. The fraction of sp³-hybridized carbons (Fsp3) is 0.571. The minimum Gasteiger partial charge on any atom is -0.328 e. The normalized spacial score (nSPS) is 24.9. The van der Waals surface area contributed by atoms with Gasteiger partial charge in [-0.3, -0.25) is 0 Å². The highest BCUT2D eigenvalue weighted by atomic mass is 79.9. The predicted octanol–water partition coefficient (Wildman–Crippen LogP) is 3.12. The van der Waals surface area contributed by atoms with Gasteiger partial charge in [-0.05, 0) is 55.9 Å². The molecule has 0 radical (unpaired) electrons. The van der Waals surface area contributed by atoms with Gasteiger partial charge in [0.05, 0.1) is 0 Å². The second kappa shape index (κ2) is 5.98. The summed E-state index contributed by atoms with van der Waals surface area (Å²) in [6.45, 7) is 3.13. The number of halogens is 1. The van der Waals surface area contributed by atoms with E-state index in [-0.39, 0.29) is 0 Å². The average Bonchev–Trinajstić information content (AvgIpc) is 2.32. The molecule has 0 aromatic heterocycles. The summed E-state index contributed by atoms with van der Waals surface area (Å²) in [6.07, 6.45) is 4.76. The van der Waals surface area contributed by atoms with Gasteiger partial charge in [0.15, 0.2) is 0 Å². The minimum absolute atomic E-state index is 0.431. The van der Waals surface area contributed by atoms with Crippen molar-refractivity contribution in [3.05, 3.63) is 33.8 Å². The van der Waals surface area contributed by atoms with Crippen LogP contribution in [0.5, 0.6) is 0 Å². The lowest BCUT2D eigenvalue weighted by atomic mass is 9.91. The minimum atomic E-state index is 0.431. The number of rotatable bonds is 3. The van der Waals surface area contributed by atoms with Gasteiger partial charge in [0.1, 0.15) is 0 Å². The van der Waals surface area contributed by atoms with Gasteiger partial charge in [-0.15, -0.1) is 0 Å².